The molecule has 0 aliphatic carbocycles. The highest BCUT2D eigenvalue weighted by molar-refractivity contribution is 6.28. The van der Waals surface area contributed by atoms with Crippen LogP contribution < -0.4 is 10.1 Å². The molecule has 0 fully saturated rings. The van der Waals surface area contributed by atoms with Crippen LogP contribution in [0.1, 0.15) is 24.6 Å². The average Bonchev–Trinajstić information content (AvgIpc) is 2.87. The predicted octanol–water partition coefficient (Wildman–Crippen LogP) is 3.36. The van der Waals surface area contributed by atoms with Crippen LogP contribution in [0.5, 0.6) is 5.75 Å². The molecule has 0 aromatic carbocycles. The zero-order valence-corrected chi connectivity index (χ0v) is 14.4. The van der Waals surface area contributed by atoms with Gasteiger partial charge in [-0.05, 0) is 30.4 Å². The number of hydrogen-bond donors (Lipinski definition) is 2. The van der Waals surface area contributed by atoms with Crippen LogP contribution in [0.4, 0.5) is 24.8 Å². The highest BCUT2D eigenvalue weighted by atomic mass is 35.5. The lowest BCUT2D eigenvalue weighted by Crippen LogP contribution is -2.22. The highest BCUT2D eigenvalue weighted by Crippen LogP contribution is 2.34. The molecule has 2 aromatic heterocycles. The zero-order valence-electron chi connectivity index (χ0n) is 13.6. The number of alkyl halides is 3. The van der Waals surface area contributed by atoms with Crippen molar-refractivity contribution in [2.75, 3.05) is 11.9 Å². The van der Waals surface area contributed by atoms with E-state index in [-0.39, 0.29) is 29.9 Å². The summed E-state index contributed by atoms with van der Waals surface area (Å²) < 4.78 is 44.3. The first-order valence-electron chi connectivity index (χ1n) is 7.28. The van der Waals surface area contributed by atoms with E-state index in [2.05, 4.69) is 25.5 Å². The van der Waals surface area contributed by atoms with E-state index in [1.165, 1.54) is 6.92 Å². The van der Waals surface area contributed by atoms with Gasteiger partial charge < -0.3 is 20.2 Å². The van der Waals surface area contributed by atoms with E-state index in [1.54, 1.807) is 6.92 Å². The maximum absolute atomic E-state index is 13.0. The van der Waals surface area contributed by atoms with Crippen LogP contribution in [-0.2, 0) is 6.18 Å². The molecule has 0 bridgehead atoms. The van der Waals surface area contributed by atoms with Gasteiger partial charge in [-0.25, -0.2) is 9.97 Å². The minimum atomic E-state index is -4.64. The molecule has 2 N–H and O–H groups in total. The quantitative estimate of drug-likeness (QED) is 0.420. The van der Waals surface area contributed by atoms with Crippen molar-refractivity contribution in [2.24, 2.45) is 0 Å². The summed E-state index contributed by atoms with van der Waals surface area (Å²) in [6.07, 6.45) is -3.81. The molecular formula is C13H14ClF3N6O3. The van der Waals surface area contributed by atoms with Gasteiger partial charge in [0.25, 0.3) is 0 Å². The standard InChI is InChI=1S/C13H14ClF3N6O3/c1-6(3-4-26-9-7(2)21-22-11(9)23(24)25)19-10-8(13(15,16)17)5-18-12(14)20-10/h5-6H,3-4H2,1-2H3,(H,21,22)(H,18,19,20)/t6-/m1/s1. The van der Waals surface area contributed by atoms with E-state index in [4.69, 9.17) is 16.3 Å². The largest absolute Gasteiger partial charge is 0.484 e. The molecule has 13 heteroatoms. The number of ether oxygens (including phenoxy) is 1. The van der Waals surface area contributed by atoms with Crippen molar-refractivity contribution < 1.29 is 22.8 Å². The van der Waals surface area contributed by atoms with E-state index in [1.807, 2.05) is 0 Å². The van der Waals surface area contributed by atoms with E-state index >= 15 is 0 Å². The Labute approximate surface area is 150 Å². The molecule has 2 aromatic rings. The molecule has 0 aliphatic heterocycles. The number of hydrogen-bond acceptors (Lipinski definition) is 7. The normalized spacial score (nSPS) is 12.7. The number of rotatable bonds is 7. The van der Waals surface area contributed by atoms with Crippen molar-refractivity contribution in [3.05, 3.63) is 32.9 Å². The van der Waals surface area contributed by atoms with E-state index < -0.39 is 28.5 Å². The van der Waals surface area contributed by atoms with E-state index in [0.717, 1.165) is 0 Å². The van der Waals surface area contributed by atoms with Crippen LogP contribution in [0.15, 0.2) is 6.20 Å². The molecule has 142 valence electrons. The molecule has 2 heterocycles. The van der Waals surface area contributed by atoms with Crippen molar-refractivity contribution in [2.45, 2.75) is 32.5 Å². The lowest BCUT2D eigenvalue weighted by atomic mass is 10.2. The fourth-order valence-electron chi connectivity index (χ4n) is 2.03. The molecule has 0 saturated carbocycles. The number of aromatic nitrogens is 4. The lowest BCUT2D eigenvalue weighted by Gasteiger charge is -2.18. The zero-order chi connectivity index (χ0) is 19.5. The lowest BCUT2D eigenvalue weighted by molar-refractivity contribution is -0.390. The van der Waals surface area contributed by atoms with Crippen molar-refractivity contribution in [1.82, 2.24) is 20.2 Å². The second-order valence-electron chi connectivity index (χ2n) is 5.33. The van der Waals surface area contributed by atoms with E-state index in [9.17, 15) is 23.3 Å². The fourth-order valence-corrected chi connectivity index (χ4v) is 2.16. The van der Waals surface area contributed by atoms with Crippen LogP contribution in [0, 0.1) is 17.0 Å². The first-order valence-corrected chi connectivity index (χ1v) is 7.65. The third-order valence-electron chi connectivity index (χ3n) is 3.30. The van der Waals surface area contributed by atoms with Gasteiger partial charge in [0.15, 0.2) is 0 Å². The number of halogens is 4. The summed E-state index contributed by atoms with van der Waals surface area (Å²) in [7, 11) is 0. The van der Waals surface area contributed by atoms with Crippen LogP contribution in [0.25, 0.3) is 0 Å². The summed E-state index contributed by atoms with van der Waals surface area (Å²) in [4.78, 5) is 17.1. The fraction of sp³-hybridized carbons (Fsp3) is 0.462. The predicted molar refractivity (Wildman–Crippen MR) is 85.2 cm³/mol. The summed E-state index contributed by atoms with van der Waals surface area (Å²) in [6.45, 7) is 3.14. The third kappa shape index (κ3) is 4.71. The number of aromatic amines is 1. The topological polar surface area (TPSA) is 119 Å². The van der Waals surface area contributed by atoms with Crippen LogP contribution in [0.2, 0.25) is 5.28 Å². The maximum Gasteiger partial charge on any atom is 0.421 e. The average molecular weight is 395 g/mol. The summed E-state index contributed by atoms with van der Waals surface area (Å²) >= 11 is 5.56. The SMILES string of the molecule is Cc1n[nH]c([N+](=O)[O-])c1OCC[C@@H](C)Nc1nc(Cl)ncc1C(F)(F)F. The van der Waals surface area contributed by atoms with Gasteiger partial charge in [-0.3, -0.25) is 0 Å². The van der Waals surface area contributed by atoms with Crippen molar-refractivity contribution in [1.29, 1.82) is 0 Å². The highest BCUT2D eigenvalue weighted by Gasteiger charge is 2.35. The summed E-state index contributed by atoms with van der Waals surface area (Å²) in [5, 5.41) is 19.0. The van der Waals surface area contributed by atoms with Gasteiger partial charge in [0, 0.05) is 18.7 Å². The number of anilines is 1. The minimum Gasteiger partial charge on any atom is -0.484 e. The Hall–Kier alpha value is -2.63. The molecule has 0 unspecified atom stereocenters. The van der Waals surface area contributed by atoms with E-state index in [0.29, 0.717) is 11.9 Å². The van der Waals surface area contributed by atoms with Gasteiger partial charge in [-0.2, -0.15) is 13.2 Å². The Morgan fingerprint density at radius 1 is 1.50 bits per heavy atom. The van der Waals surface area contributed by atoms with Crippen LogP contribution in [-0.4, -0.2) is 37.7 Å². The first kappa shape index (κ1) is 19.7. The number of aryl methyl sites for hydroxylation is 1. The molecule has 0 aliphatic rings. The number of nitrogens with zero attached hydrogens (tertiary/aromatic N) is 4. The molecule has 0 amide bonds. The smallest absolute Gasteiger partial charge is 0.421 e. The monoisotopic (exact) mass is 394 g/mol. The minimum absolute atomic E-state index is 0.00947. The Bertz CT molecular complexity index is 798. The maximum atomic E-state index is 13.0. The molecule has 1 atom stereocenters. The van der Waals surface area contributed by atoms with Gasteiger partial charge in [0.1, 0.15) is 17.1 Å². The van der Waals surface area contributed by atoms with Gasteiger partial charge in [-0.15, -0.1) is 5.10 Å². The molecule has 26 heavy (non-hydrogen) atoms. The van der Waals surface area contributed by atoms with Gasteiger partial charge in [0.05, 0.1) is 6.61 Å². The number of nitro groups is 1. The van der Waals surface area contributed by atoms with Gasteiger partial charge in [-0.1, -0.05) is 5.10 Å². The summed E-state index contributed by atoms with van der Waals surface area (Å²) in [5.41, 5.74) is -0.741. The number of H-pyrrole nitrogens is 1. The summed E-state index contributed by atoms with van der Waals surface area (Å²) in [6, 6.07) is -0.492. The van der Waals surface area contributed by atoms with Crippen LogP contribution in [0.3, 0.4) is 0 Å². The first-order chi connectivity index (χ1) is 12.1. The molecule has 9 nitrogen and oxygen atoms in total. The van der Waals surface area contributed by atoms with Gasteiger partial charge >= 0.3 is 12.0 Å². The Morgan fingerprint density at radius 3 is 2.81 bits per heavy atom. The molecule has 2 rings (SSSR count). The summed E-state index contributed by atoms with van der Waals surface area (Å²) in [5.74, 6) is -0.844. The van der Waals surface area contributed by atoms with Gasteiger partial charge in [0.2, 0.25) is 11.0 Å². The Kier molecular flexibility index (Phi) is 5.85. The molecule has 0 saturated heterocycles. The molecule has 0 radical (unpaired) electrons. The Balaban J connectivity index is 2.00. The van der Waals surface area contributed by atoms with Crippen molar-refractivity contribution in [3.63, 3.8) is 0 Å². The van der Waals surface area contributed by atoms with Crippen molar-refractivity contribution in [3.8, 4) is 5.75 Å². The molecule has 0 spiro atoms. The third-order valence-corrected chi connectivity index (χ3v) is 3.48. The molecular weight excluding hydrogens is 381 g/mol. The second-order valence-corrected chi connectivity index (χ2v) is 5.66. The second kappa shape index (κ2) is 7.72. The van der Waals surface area contributed by atoms with Crippen LogP contribution >= 0.6 is 11.6 Å². The van der Waals surface area contributed by atoms with Crippen molar-refractivity contribution >= 4 is 23.2 Å². The Morgan fingerprint density at radius 2 is 2.19 bits per heavy atom. The number of nitrogens with one attached hydrogen (secondary N) is 2.